The first-order valence-electron chi connectivity index (χ1n) is 5.64. The van der Waals surface area contributed by atoms with Gasteiger partial charge in [0.15, 0.2) is 0 Å². The van der Waals surface area contributed by atoms with Crippen LogP contribution in [0.2, 0.25) is 0 Å². The molecule has 0 amide bonds. The van der Waals surface area contributed by atoms with Gasteiger partial charge in [-0.2, -0.15) is 0 Å². The molecule has 0 saturated carbocycles. The molecule has 0 radical (unpaired) electrons. The average molecular weight is 245 g/mol. The number of rotatable bonds is 4. The molecule has 1 aromatic carbocycles. The highest BCUT2D eigenvalue weighted by Crippen LogP contribution is 2.24. The maximum absolute atomic E-state index is 11.0. The van der Waals surface area contributed by atoms with Crippen molar-refractivity contribution in [2.45, 2.75) is 6.54 Å². The van der Waals surface area contributed by atoms with Crippen LogP contribution in [0, 0.1) is 10.1 Å². The Bertz CT molecular complexity index is 561. The van der Waals surface area contributed by atoms with Crippen molar-refractivity contribution in [3.05, 3.63) is 58.4 Å². The minimum absolute atomic E-state index is 0.119. The van der Waals surface area contributed by atoms with Gasteiger partial charge in [-0.15, -0.1) is 0 Å². The number of nitro groups is 1. The van der Waals surface area contributed by atoms with E-state index in [2.05, 4.69) is 0 Å². The van der Waals surface area contributed by atoms with E-state index < -0.39 is 0 Å². The fraction of sp³-hybridized carbons (Fsp3) is 0.231. The summed E-state index contributed by atoms with van der Waals surface area (Å²) in [6.07, 6.45) is 1.85. The SMILES string of the molecule is CN(C)Cc1cccn1-c1ccccc1[N+](=O)[O-]. The zero-order chi connectivity index (χ0) is 13.1. The van der Waals surface area contributed by atoms with Crippen molar-refractivity contribution in [2.24, 2.45) is 0 Å². The molecule has 0 fully saturated rings. The molecule has 2 rings (SSSR count). The normalized spacial score (nSPS) is 10.8. The van der Waals surface area contributed by atoms with Crippen LogP contribution in [0.25, 0.3) is 5.69 Å². The Hall–Kier alpha value is -2.14. The Morgan fingerprint density at radius 3 is 2.61 bits per heavy atom. The van der Waals surface area contributed by atoms with E-state index in [1.54, 1.807) is 12.1 Å². The topological polar surface area (TPSA) is 51.3 Å². The van der Waals surface area contributed by atoms with Crippen LogP contribution >= 0.6 is 0 Å². The fourth-order valence-electron chi connectivity index (χ4n) is 1.93. The van der Waals surface area contributed by atoms with E-state index in [4.69, 9.17) is 0 Å². The van der Waals surface area contributed by atoms with Crippen LogP contribution in [0.4, 0.5) is 5.69 Å². The third-order valence-corrected chi connectivity index (χ3v) is 2.65. The second-order valence-corrected chi connectivity index (χ2v) is 4.35. The fourth-order valence-corrected chi connectivity index (χ4v) is 1.93. The molecule has 0 atom stereocenters. The number of hydrogen-bond donors (Lipinski definition) is 0. The second-order valence-electron chi connectivity index (χ2n) is 4.35. The zero-order valence-electron chi connectivity index (χ0n) is 10.4. The molecule has 0 aliphatic rings. The third-order valence-electron chi connectivity index (χ3n) is 2.65. The van der Waals surface area contributed by atoms with Gasteiger partial charge in [0, 0.05) is 24.5 Å². The van der Waals surface area contributed by atoms with Gasteiger partial charge in [-0.3, -0.25) is 10.1 Å². The van der Waals surface area contributed by atoms with E-state index in [0.29, 0.717) is 5.69 Å². The Balaban J connectivity index is 2.49. The molecule has 18 heavy (non-hydrogen) atoms. The van der Waals surface area contributed by atoms with Crippen molar-refractivity contribution in [1.29, 1.82) is 0 Å². The van der Waals surface area contributed by atoms with Gasteiger partial charge >= 0.3 is 0 Å². The van der Waals surface area contributed by atoms with Gasteiger partial charge in [-0.25, -0.2) is 0 Å². The molecule has 1 heterocycles. The van der Waals surface area contributed by atoms with Crippen molar-refractivity contribution < 1.29 is 4.92 Å². The van der Waals surface area contributed by atoms with E-state index in [0.717, 1.165) is 12.2 Å². The van der Waals surface area contributed by atoms with E-state index in [9.17, 15) is 10.1 Å². The first-order chi connectivity index (χ1) is 8.59. The molecule has 0 aliphatic heterocycles. The van der Waals surface area contributed by atoms with Crippen LogP contribution < -0.4 is 0 Å². The van der Waals surface area contributed by atoms with E-state index in [1.165, 1.54) is 6.07 Å². The largest absolute Gasteiger partial charge is 0.314 e. The van der Waals surface area contributed by atoms with Crippen LogP contribution in [0.1, 0.15) is 5.69 Å². The Labute approximate surface area is 105 Å². The Morgan fingerprint density at radius 1 is 1.22 bits per heavy atom. The van der Waals surface area contributed by atoms with Gasteiger partial charge in [0.25, 0.3) is 5.69 Å². The monoisotopic (exact) mass is 245 g/mol. The summed E-state index contributed by atoms with van der Waals surface area (Å²) in [5.41, 5.74) is 1.74. The molecular weight excluding hydrogens is 230 g/mol. The van der Waals surface area contributed by atoms with Gasteiger partial charge in [0.1, 0.15) is 5.69 Å². The van der Waals surface area contributed by atoms with Crippen LogP contribution in [-0.4, -0.2) is 28.5 Å². The standard InChI is InChI=1S/C13H15N3O2/c1-14(2)10-11-6-5-9-15(11)12-7-3-4-8-13(12)16(17)18/h3-9H,10H2,1-2H3. The van der Waals surface area contributed by atoms with Crippen molar-refractivity contribution in [2.75, 3.05) is 14.1 Å². The van der Waals surface area contributed by atoms with E-state index in [1.807, 2.05) is 48.0 Å². The number of hydrogen-bond acceptors (Lipinski definition) is 3. The maximum atomic E-state index is 11.0. The maximum Gasteiger partial charge on any atom is 0.293 e. The molecule has 0 aliphatic carbocycles. The summed E-state index contributed by atoms with van der Waals surface area (Å²) in [7, 11) is 3.94. The van der Waals surface area contributed by atoms with Gasteiger partial charge in [0.05, 0.1) is 4.92 Å². The van der Waals surface area contributed by atoms with Crippen molar-refractivity contribution in [1.82, 2.24) is 9.47 Å². The summed E-state index contributed by atoms with van der Waals surface area (Å²) in [4.78, 5) is 12.7. The zero-order valence-corrected chi connectivity index (χ0v) is 10.4. The molecule has 1 aromatic heterocycles. The number of nitrogens with zero attached hydrogens (tertiary/aromatic N) is 3. The highest BCUT2D eigenvalue weighted by molar-refractivity contribution is 5.53. The molecule has 5 nitrogen and oxygen atoms in total. The van der Waals surface area contributed by atoms with Crippen molar-refractivity contribution in [3.8, 4) is 5.69 Å². The summed E-state index contributed by atoms with van der Waals surface area (Å²) < 4.78 is 1.86. The van der Waals surface area contributed by atoms with Crippen molar-refractivity contribution >= 4 is 5.69 Å². The molecule has 0 spiro atoms. The van der Waals surface area contributed by atoms with Gasteiger partial charge in [-0.1, -0.05) is 12.1 Å². The van der Waals surface area contributed by atoms with Crippen molar-refractivity contribution in [3.63, 3.8) is 0 Å². The average Bonchev–Trinajstić information content (AvgIpc) is 2.76. The first kappa shape index (κ1) is 12.3. The highest BCUT2D eigenvalue weighted by Gasteiger charge is 2.15. The third kappa shape index (κ3) is 2.41. The Kier molecular flexibility index (Phi) is 3.43. The molecule has 0 unspecified atom stereocenters. The van der Waals surface area contributed by atoms with Gasteiger partial charge < -0.3 is 9.47 Å². The molecular formula is C13H15N3O2. The number of nitro benzene ring substituents is 1. The quantitative estimate of drug-likeness (QED) is 0.614. The second kappa shape index (κ2) is 5.01. The lowest BCUT2D eigenvalue weighted by molar-refractivity contribution is -0.384. The minimum Gasteiger partial charge on any atom is -0.314 e. The number of aromatic nitrogens is 1. The number of benzene rings is 1. The van der Waals surface area contributed by atoms with Crippen LogP contribution in [0.3, 0.4) is 0 Å². The lowest BCUT2D eigenvalue weighted by Gasteiger charge is -2.13. The lowest BCUT2D eigenvalue weighted by atomic mass is 10.2. The minimum atomic E-state index is -0.352. The molecule has 0 saturated heterocycles. The summed E-state index contributed by atoms with van der Waals surface area (Å²) in [5.74, 6) is 0. The highest BCUT2D eigenvalue weighted by atomic mass is 16.6. The van der Waals surface area contributed by atoms with Crippen LogP contribution in [0.5, 0.6) is 0 Å². The Morgan fingerprint density at radius 2 is 1.94 bits per heavy atom. The summed E-state index contributed by atoms with van der Waals surface area (Å²) in [5, 5.41) is 11.0. The van der Waals surface area contributed by atoms with E-state index in [-0.39, 0.29) is 10.6 Å². The van der Waals surface area contributed by atoms with Gasteiger partial charge in [-0.05, 0) is 32.3 Å². The molecule has 5 heteroatoms. The van der Waals surface area contributed by atoms with E-state index >= 15 is 0 Å². The van der Waals surface area contributed by atoms with Crippen LogP contribution in [-0.2, 0) is 6.54 Å². The molecule has 0 N–H and O–H groups in total. The smallest absolute Gasteiger partial charge is 0.293 e. The predicted molar refractivity (Wildman–Crippen MR) is 69.8 cm³/mol. The lowest BCUT2D eigenvalue weighted by Crippen LogP contribution is -2.14. The van der Waals surface area contributed by atoms with Crippen LogP contribution in [0.15, 0.2) is 42.6 Å². The molecule has 94 valence electrons. The molecule has 0 bridgehead atoms. The summed E-state index contributed by atoms with van der Waals surface area (Å²) in [6.45, 7) is 0.735. The molecule has 2 aromatic rings. The van der Waals surface area contributed by atoms with Gasteiger partial charge in [0.2, 0.25) is 0 Å². The number of para-hydroxylation sites is 2. The first-order valence-corrected chi connectivity index (χ1v) is 5.64. The predicted octanol–water partition coefficient (Wildman–Crippen LogP) is 2.45. The summed E-state index contributed by atoms with van der Waals surface area (Å²) in [6, 6.07) is 10.6. The summed E-state index contributed by atoms with van der Waals surface area (Å²) >= 11 is 0.